The average molecular weight is 413 g/mol. The maximum absolute atomic E-state index is 13.0. The second kappa shape index (κ2) is 6.65. The molecule has 5 nitrogen and oxygen atoms in total. The van der Waals surface area contributed by atoms with Gasteiger partial charge < -0.3 is 5.32 Å². The molecule has 1 aliphatic rings. The lowest BCUT2D eigenvalue weighted by molar-refractivity contribution is -0.138. The zero-order valence-corrected chi connectivity index (χ0v) is 15.2. The van der Waals surface area contributed by atoms with Crippen LogP contribution in [-0.2, 0) is 11.0 Å². The molecule has 3 aromatic rings. The normalized spacial score (nSPS) is 15.0. The van der Waals surface area contributed by atoms with Crippen molar-refractivity contribution >= 4 is 39.9 Å². The Balaban J connectivity index is 1.81. The van der Waals surface area contributed by atoms with Gasteiger partial charge in [-0.1, -0.05) is 41.1 Å². The minimum atomic E-state index is -4.57. The third kappa shape index (κ3) is 3.70. The molecule has 0 bridgehead atoms. The van der Waals surface area contributed by atoms with E-state index in [4.69, 9.17) is 11.6 Å². The van der Waals surface area contributed by atoms with Gasteiger partial charge in [0.1, 0.15) is 5.69 Å². The van der Waals surface area contributed by atoms with Crippen LogP contribution < -0.4 is 5.32 Å². The number of amides is 1. The SMILES string of the molecule is O=C(/C=C/c1c(-c2ccccc2Cl)nc2sc(C(F)(F)F)nn12)NC1CC1. The molecule has 0 aliphatic heterocycles. The van der Waals surface area contributed by atoms with Gasteiger partial charge in [0.2, 0.25) is 15.9 Å². The van der Waals surface area contributed by atoms with Crippen LogP contribution in [0.1, 0.15) is 23.5 Å². The molecule has 1 N–H and O–H groups in total. The summed E-state index contributed by atoms with van der Waals surface area (Å²) in [7, 11) is 0. The third-order valence-electron chi connectivity index (χ3n) is 3.93. The number of hydrogen-bond donors (Lipinski definition) is 1. The van der Waals surface area contributed by atoms with Crippen molar-refractivity contribution in [3.05, 3.63) is 46.1 Å². The number of nitrogens with one attached hydrogen (secondary N) is 1. The molecule has 27 heavy (non-hydrogen) atoms. The van der Waals surface area contributed by atoms with E-state index >= 15 is 0 Å². The second-order valence-corrected chi connectivity index (χ2v) is 7.40. The van der Waals surface area contributed by atoms with Crippen molar-refractivity contribution < 1.29 is 18.0 Å². The zero-order valence-electron chi connectivity index (χ0n) is 13.6. The minimum Gasteiger partial charge on any atom is -0.350 e. The minimum absolute atomic E-state index is 0.0690. The molecule has 1 fully saturated rings. The average Bonchev–Trinajstić information content (AvgIpc) is 3.19. The number of benzene rings is 1. The Hall–Kier alpha value is -2.39. The highest BCUT2D eigenvalue weighted by Crippen LogP contribution is 2.36. The van der Waals surface area contributed by atoms with E-state index in [1.807, 2.05) is 0 Å². The molecule has 2 heterocycles. The first-order valence-corrected chi connectivity index (χ1v) is 9.22. The van der Waals surface area contributed by atoms with Crippen molar-refractivity contribution in [1.29, 1.82) is 0 Å². The van der Waals surface area contributed by atoms with Gasteiger partial charge in [-0.05, 0) is 25.0 Å². The van der Waals surface area contributed by atoms with Gasteiger partial charge in [0.15, 0.2) is 0 Å². The summed E-state index contributed by atoms with van der Waals surface area (Å²) in [5.74, 6) is -0.316. The van der Waals surface area contributed by atoms with Crippen LogP contribution in [0.2, 0.25) is 5.02 Å². The monoisotopic (exact) mass is 412 g/mol. The van der Waals surface area contributed by atoms with Crippen molar-refractivity contribution in [2.24, 2.45) is 0 Å². The summed E-state index contributed by atoms with van der Waals surface area (Å²) >= 11 is 6.65. The van der Waals surface area contributed by atoms with Crippen molar-refractivity contribution in [3.8, 4) is 11.3 Å². The van der Waals surface area contributed by atoms with Crippen LogP contribution in [0.25, 0.3) is 22.3 Å². The summed E-state index contributed by atoms with van der Waals surface area (Å²) in [6.45, 7) is 0. The van der Waals surface area contributed by atoms with E-state index in [2.05, 4.69) is 15.4 Å². The van der Waals surface area contributed by atoms with Crippen LogP contribution in [-0.4, -0.2) is 26.5 Å². The van der Waals surface area contributed by atoms with Gasteiger partial charge in [0, 0.05) is 17.7 Å². The molecule has 1 aromatic carbocycles. The van der Waals surface area contributed by atoms with Crippen LogP contribution in [0.15, 0.2) is 30.3 Å². The smallest absolute Gasteiger partial charge is 0.350 e. The number of fused-ring (bicyclic) bond motifs is 1. The van der Waals surface area contributed by atoms with Crippen molar-refractivity contribution in [2.75, 3.05) is 0 Å². The molecule has 1 aliphatic carbocycles. The Morgan fingerprint density at radius 1 is 1.33 bits per heavy atom. The van der Waals surface area contributed by atoms with Crippen LogP contribution in [0.5, 0.6) is 0 Å². The molecule has 140 valence electrons. The first-order chi connectivity index (χ1) is 12.8. The Morgan fingerprint density at radius 2 is 2.07 bits per heavy atom. The van der Waals surface area contributed by atoms with E-state index in [0.29, 0.717) is 27.6 Å². The fraction of sp³-hybridized carbons (Fsp3) is 0.235. The molecule has 1 amide bonds. The lowest BCUT2D eigenvalue weighted by atomic mass is 10.1. The van der Waals surface area contributed by atoms with Crippen LogP contribution >= 0.6 is 22.9 Å². The van der Waals surface area contributed by atoms with Crippen molar-refractivity contribution in [3.63, 3.8) is 0 Å². The Labute approximate surface area is 160 Å². The molecular formula is C17H12ClF3N4OS. The number of halogens is 4. The van der Waals surface area contributed by atoms with E-state index in [-0.39, 0.29) is 22.6 Å². The summed E-state index contributed by atoms with van der Waals surface area (Å²) in [6, 6.07) is 7.03. The predicted molar refractivity (Wildman–Crippen MR) is 96.5 cm³/mol. The second-order valence-electron chi connectivity index (χ2n) is 6.04. The number of carbonyl (C=O) groups excluding carboxylic acids is 1. The fourth-order valence-electron chi connectivity index (χ4n) is 2.51. The Morgan fingerprint density at radius 3 is 2.74 bits per heavy atom. The lowest BCUT2D eigenvalue weighted by Crippen LogP contribution is -2.22. The number of alkyl halides is 3. The number of imidazole rings is 1. The van der Waals surface area contributed by atoms with Gasteiger partial charge in [0.05, 0.1) is 10.7 Å². The largest absolute Gasteiger partial charge is 0.445 e. The number of aromatic nitrogens is 3. The van der Waals surface area contributed by atoms with Gasteiger partial charge in [-0.25, -0.2) is 9.50 Å². The van der Waals surface area contributed by atoms with E-state index < -0.39 is 11.2 Å². The standard InChI is InChI=1S/C17H12ClF3N4OS/c18-11-4-2-1-3-10(11)14-12(7-8-13(26)22-9-5-6-9)25-16(23-14)27-15(24-25)17(19,20)21/h1-4,7-9H,5-6H2,(H,22,26)/b8-7+. The van der Waals surface area contributed by atoms with Crippen LogP contribution in [0, 0.1) is 0 Å². The highest BCUT2D eigenvalue weighted by Gasteiger charge is 2.36. The maximum atomic E-state index is 13.0. The molecule has 2 aromatic heterocycles. The Kier molecular flexibility index (Phi) is 4.43. The topological polar surface area (TPSA) is 59.3 Å². The lowest BCUT2D eigenvalue weighted by Gasteiger charge is -2.03. The first-order valence-electron chi connectivity index (χ1n) is 8.03. The number of rotatable bonds is 4. The predicted octanol–water partition coefficient (Wildman–Crippen LogP) is 4.42. The van der Waals surface area contributed by atoms with Crippen molar-refractivity contribution in [1.82, 2.24) is 19.9 Å². The third-order valence-corrected chi connectivity index (χ3v) is 5.21. The summed E-state index contributed by atoms with van der Waals surface area (Å²) in [5.41, 5.74) is 1.17. The van der Waals surface area contributed by atoms with Gasteiger partial charge >= 0.3 is 6.18 Å². The van der Waals surface area contributed by atoms with Gasteiger partial charge in [0.25, 0.3) is 0 Å². The van der Waals surface area contributed by atoms with Crippen LogP contribution in [0.4, 0.5) is 13.2 Å². The summed E-state index contributed by atoms with van der Waals surface area (Å²) in [6.07, 6.45) is -0.0178. The van der Waals surface area contributed by atoms with E-state index in [9.17, 15) is 18.0 Å². The Bertz CT molecular complexity index is 1050. The molecule has 1 saturated carbocycles. The summed E-state index contributed by atoms with van der Waals surface area (Å²) < 4.78 is 40.1. The molecule has 10 heteroatoms. The summed E-state index contributed by atoms with van der Waals surface area (Å²) in [5, 5.41) is 5.81. The molecule has 0 spiro atoms. The first kappa shape index (κ1) is 18.0. The summed E-state index contributed by atoms with van der Waals surface area (Å²) in [4.78, 5) is 16.3. The maximum Gasteiger partial charge on any atom is 0.445 e. The van der Waals surface area contributed by atoms with E-state index in [1.165, 1.54) is 12.2 Å². The fourth-order valence-corrected chi connectivity index (χ4v) is 3.51. The quantitative estimate of drug-likeness (QED) is 0.645. The van der Waals surface area contributed by atoms with E-state index in [0.717, 1.165) is 17.4 Å². The molecule has 0 unspecified atom stereocenters. The van der Waals surface area contributed by atoms with E-state index in [1.54, 1.807) is 24.3 Å². The molecular weight excluding hydrogens is 401 g/mol. The zero-order chi connectivity index (χ0) is 19.2. The van der Waals surface area contributed by atoms with Gasteiger partial charge in [-0.3, -0.25) is 4.79 Å². The van der Waals surface area contributed by atoms with Crippen molar-refractivity contribution in [2.45, 2.75) is 25.1 Å². The highest BCUT2D eigenvalue weighted by molar-refractivity contribution is 7.16. The number of nitrogens with zero attached hydrogens (tertiary/aromatic N) is 3. The van der Waals surface area contributed by atoms with Crippen LogP contribution in [0.3, 0.4) is 0 Å². The number of hydrogen-bond acceptors (Lipinski definition) is 4. The van der Waals surface area contributed by atoms with Gasteiger partial charge in [-0.15, -0.1) is 5.10 Å². The van der Waals surface area contributed by atoms with Gasteiger partial charge in [-0.2, -0.15) is 13.2 Å². The molecule has 4 rings (SSSR count). The molecule has 0 radical (unpaired) electrons. The highest BCUT2D eigenvalue weighted by atomic mass is 35.5. The molecule has 0 saturated heterocycles. The molecule has 0 atom stereocenters. The number of carbonyl (C=O) groups is 1.